The minimum atomic E-state index is 0.466. The van der Waals surface area contributed by atoms with Gasteiger partial charge in [0.05, 0.1) is 11.1 Å². The molecule has 5 heteroatoms. The molecule has 100 valence electrons. The number of pyridine rings is 1. The summed E-state index contributed by atoms with van der Waals surface area (Å²) >= 11 is 3.40. The highest BCUT2D eigenvalue weighted by Gasteiger charge is 2.10. The average Bonchev–Trinajstić information content (AvgIpc) is 2.43. The lowest BCUT2D eigenvalue weighted by Crippen LogP contribution is -2.00. The van der Waals surface area contributed by atoms with Gasteiger partial charge in [-0.25, -0.2) is 4.98 Å². The first-order valence-electron chi connectivity index (χ1n) is 5.98. The molecule has 2 N–H and O–H groups in total. The molecule has 0 radical (unpaired) electrons. The maximum absolute atomic E-state index is 5.77. The van der Waals surface area contributed by atoms with E-state index in [1.54, 1.807) is 6.20 Å². The Hall–Kier alpha value is -1.59. The molecule has 2 rings (SSSR count). The van der Waals surface area contributed by atoms with Gasteiger partial charge in [0.25, 0.3) is 0 Å². The quantitative estimate of drug-likeness (QED) is 0.915. The van der Waals surface area contributed by atoms with Crippen molar-refractivity contribution >= 4 is 15.9 Å². The van der Waals surface area contributed by atoms with Gasteiger partial charge in [-0.1, -0.05) is 6.07 Å². The van der Waals surface area contributed by atoms with E-state index < -0.39 is 0 Å². The van der Waals surface area contributed by atoms with Crippen molar-refractivity contribution in [1.29, 1.82) is 0 Å². The third-order valence-electron chi connectivity index (χ3n) is 2.48. The van der Waals surface area contributed by atoms with E-state index in [1.807, 2.05) is 37.3 Å². The van der Waals surface area contributed by atoms with E-state index in [9.17, 15) is 0 Å². The van der Waals surface area contributed by atoms with Crippen LogP contribution in [-0.2, 0) is 6.54 Å². The largest absolute Gasteiger partial charge is 0.490 e. The van der Waals surface area contributed by atoms with Crippen LogP contribution in [0.25, 0.3) is 0 Å². The van der Waals surface area contributed by atoms with Gasteiger partial charge in [-0.05, 0) is 52.7 Å². The van der Waals surface area contributed by atoms with E-state index >= 15 is 0 Å². The molecule has 0 atom stereocenters. The highest BCUT2D eigenvalue weighted by molar-refractivity contribution is 9.10. The van der Waals surface area contributed by atoms with Crippen LogP contribution in [0.4, 0.5) is 0 Å². The van der Waals surface area contributed by atoms with Crippen molar-refractivity contribution in [2.24, 2.45) is 5.73 Å². The molecule has 1 heterocycles. The number of ether oxygens (including phenoxy) is 2. The van der Waals surface area contributed by atoms with E-state index in [1.165, 1.54) is 0 Å². The monoisotopic (exact) mass is 322 g/mol. The van der Waals surface area contributed by atoms with Gasteiger partial charge < -0.3 is 15.2 Å². The second kappa shape index (κ2) is 6.54. The highest BCUT2D eigenvalue weighted by atomic mass is 79.9. The molecule has 2 aromatic rings. The van der Waals surface area contributed by atoms with Gasteiger partial charge in [0, 0.05) is 12.7 Å². The molecular weight excluding hydrogens is 308 g/mol. The molecule has 0 unspecified atom stereocenters. The molecule has 4 nitrogen and oxygen atoms in total. The Morgan fingerprint density at radius 1 is 1.26 bits per heavy atom. The fourth-order valence-corrected chi connectivity index (χ4v) is 1.92. The van der Waals surface area contributed by atoms with Crippen LogP contribution in [0.2, 0.25) is 0 Å². The SMILES string of the molecule is CCOc1cc(CN)ccc1Oc1ncccc1Br. The lowest BCUT2D eigenvalue weighted by Gasteiger charge is -2.12. The van der Waals surface area contributed by atoms with Crippen molar-refractivity contribution < 1.29 is 9.47 Å². The molecule has 0 saturated heterocycles. The summed E-state index contributed by atoms with van der Waals surface area (Å²) in [6.45, 7) is 2.96. The predicted octanol–water partition coefficient (Wildman–Crippen LogP) is 3.49. The van der Waals surface area contributed by atoms with Crippen molar-refractivity contribution in [2.45, 2.75) is 13.5 Å². The summed E-state index contributed by atoms with van der Waals surface area (Å²) in [6.07, 6.45) is 1.68. The zero-order valence-corrected chi connectivity index (χ0v) is 12.2. The Labute approximate surface area is 120 Å². The zero-order chi connectivity index (χ0) is 13.7. The van der Waals surface area contributed by atoms with Crippen LogP contribution in [0, 0.1) is 0 Å². The third-order valence-corrected chi connectivity index (χ3v) is 3.08. The van der Waals surface area contributed by atoms with E-state index in [2.05, 4.69) is 20.9 Å². The van der Waals surface area contributed by atoms with Crippen LogP contribution in [0.15, 0.2) is 41.0 Å². The first-order chi connectivity index (χ1) is 9.24. The number of hydrogen-bond donors (Lipinski definition) is 1. The van der Waals surface area contributed by atoms with Crippen LogP contribution in [0.3, 0.4) is 0 Å². The number of benzene rings is 1. The molecule has 1 aromatic heterocycles. The normalized spacial score (nSPS) is 10.3. The first-order valence-corrected chi connectivity index (χ1v) is 6.78. The van der Waals surface area contributed by atoms with Gasteiger partial charge in [0.1, 0.15) is 0 Å². The minimum absolute atomic E-state index is 0.466. The smallest absolute Gasteiger partial charge is 0.233 e. The van der Waals surface area contributed by atoms with Gasteiger partial charge in [0.15, 0.2) is 11.5 Å². The number of nitrogens with two attached hydrogens (primary N) is 1. The number of rotatable bonds is 5. The summed E-state index contributed by atoms with van der Waals surface area (Å²) < 4.78 is 12.1. The summed E-state index contributed by atoms with van der Waals surface area (Å²) in [6, 6.07) is 9.34. The van der Waals surface area contributed by atoms with E-state index in [4.69, 9.17) is 15.2 Å². The Morgan fingerprint density at radius 2 is 2.11 bits per heavy atom. The van der Waals surface area contributed by atoms with Gasteiger partial charge in [-0.2, -0.15) is 0 Å². The predicted molar refractivity (Wildman–Crippen MR) is 77.5 cm³/mol. The van der Waals surface area contributed by atoms with E-state index in [0.717, 1.165) is 10.0 Å². The van der Waals surface area contributed by atoms with Crippen LogP contribution < -0.4 is 15.2 Å². The molecule has 0 amide bonds. The molecule has 0 spiro atoms. The number of hydrogen-bond acceptors (Lipinski definition) is 4. The fourth-order valence-electron chi connectivity index (χ4n) is 1.58. The summed E-state index contributed by atoms with van der Waals surface area (Å²) in [4.78, 5) is 4.17. The van der Waals surface area contributed by atoms with E-state index in [0.29, 0.717) is 30.5 Å². The maximum atomic E-state index is 5.77. The van der Waals surface area contributed by atoms with Crippen LogP contribution in [0.1, 0.15) is 12.5 Å². The molecule has 1 aromatic carbocycles. The van der Waals surface area contributed by atoms with Gasteiger partial charge in [0.2, 0.25) is 5.88 Å². The molecule has 19 heavy (non-hydrogen) atoms. The Morgan fingerprint density at radius 3 is 2.79 bits per heavy atom. The van der Waals surface area contributed by atoms with Crippen molar-refractivity contribution in [3.63, 3.8) is 0 Å². The Kier molecular flexibility index (Phi) is 4.76. The van der Waals surface area contributed by atoms with Crippen molar-refractivity contribution in [1.82, 2.24) is 4.98 Å². The second-order valence-corrected chi connectivity index (χ2v) is 4.67. The molecule has 0 fully saturated rings. The number of aromatic nitrogens is 1. The van der Waals surface area contributed by atoms with E-state index in [-0.39, 0.29) is 0 Å². The summed E-state index contributed by atoms with van der Waals surface area (Å²) in [5.74, 6) is 1.80. The topological polar surface area (TPSA) is 57.4 Å². The van der Waals surface area contributed by atoms with Gasteiger partial charge in [-0.3, -0.25) is 0 Å². The van der Waals surface area contributed by atoms with Crippen LogP contribution in [-0.4, -0.2) is 11.6 Å². The lowest BCUT2D eigenvalue weighted by molar-refractivity contribution is 0.319. The van der Waals surface area contributed by atoms with Crippen LogP contribution in [0.5, 0.6) is 17.4 Å². The van der Waals surface area contributed by atoms with Crippen LogP contribution >= 0.6 is 15.9 Å². The molecule has 0 aliphatic heterocycles. The number of nitrogens with zero attached hydrogens (tertiary/aromatic N) is 1. The Bertz CT molecular complexity index is 561. The molecule has 0 bridgehead atoms. The maximum Gasteiger partial charge on any atom is 0.233 e. The molecule has 0 aliphatic carbocycles. The van der Waals surface area contributed by atoms with Crippen molar-refractivity contribution in [3.05, 3.63) is 46.6 Å². The van der Waals surface area contributed by atoms with Crippen molar-refractivity contribution in [2.75, 3.05) is 6.61 Å². The number of halogens is 1. The minimum Gasteiger partial charge on any atom is -0.490 e. The summed E-state index contributed by atoms with van der Waals surface area (Å²) in [7, 11) is 0. The third kappa shape index (κ3) is 3.45. The lowest BCUT2D eigenvalue weighted by atomic mass is 10.2. The highest BCUT2D eigenvalue weighted by Crippen LogP contribution is 2.34. The summed E-state index contributed by atoms with van der Waals surface area (Å²) in [5, 5.41) is 0. The van der Waals surface area contributed by atoms with Crippen molar-refractivity contribution in [3.8, 4) is 17.4 Å². The average molecular weight is 323 g/mol. The molecular formula is C14H15BrN2O2. The standard InChI is InChI=1S/C14H15BrN2O2/c1-2-18-13-8-10(9-16)5-6-12(13)19-14-11(15)4-3-7-17-14/h3-8H,2,9,16H2,1H3. The summed E-state index contributed by atoms with van der Waals surface area (Å²) in [5.41, 5.74) is 6.62. The molecule has 0 aliphatic rings. The molecule has 0 saturated carbocycles. The zero-order valence-electron chi connectivity index (χ0n) is 10.6. The van der Waals surface area contributed by atoms with Gasteiger partial charge >= 0.3 is 0 Å². The fraction of sp³-hybridized carbons (Fsp3) is 0.214. The first kappa shape index (κ1) is 13.8. The Balaban J connectivity index is 2.31. The van der Waals surface area contributed by atoms with Gasteiger partial charge in [-0.15, -0.1) is 0 Å². The second-order valence-electron chi connectivity index (χ2n) is 3.81.